The standard InChI is InChI=1S/C40H72N2O12S.C9H18O.2C9H20.3C2H6.CH5N/c1-6-8-10-12-14-16-19-36(44)51-30-35(31-52-37(45)20-17-15-13-11-9-7-2)32-54-39(47)22-25-42(40(48)55-26-18-23-41(3)4)24-21-38(46)53-29-34(27-49-5)28-50-33-43;1-2-3-4-5-6-7-8-9-10;1-4-5-6-7-8-9(2)3;1-3-5-7-9-8-6-4-2;4*1-2/h33-35H,6-32H2,1-5H3;9H,2-8H2,1H3;9H,4-8H2,1-3H3;3-9H2,1-2H3;3*1-2H3;2H2,1H3. The highest BCUT2D eigenvalue weighted by molar-refractivity contribution is 8.13. The molecule has 0 radical (unpaired) electrons. The lowest BCUT2D eigenvalue weighted by atomic mass is 10.1. The summed E-state index contributed by atoms with van der Waals surface area (Å²) in [4.78, 5) is 87.4. The summed E-state index contributed by atoms with van der Waals surface area (Å²) in [5.74, 6) is -1.24. The lowest BCUT2D eigenvalue weighted by Crippen LogP contribution is -2.34. The topological polar surface area (TPSA) is 207 Å². The number of nitrogens with zero attached hydrogens (tertiary/aromatic N) is 2. The van der Waals surface area contributed by atoms with Crippen molar-refractivity contribution in [3.63, 3.8) is 0 Å². The average Bonchev–Trinajstić information content (AvgIpc) is 3.77. The number of unbranched alkanes of at least 4 members (excludes halogenated alkanes) is 25. The molecule has 0 saturated carbocycles. The van der Waals surface area contributed by atoms with Crippen LogP contribution in [0.25, 0.3) is 0 Å². The molecule has 0 spiro atoms. The van der Waals surface area contributed by atoms with Crippen molar-refractivity contribution in [2.75, 3.05) is 93.3 Å². The van der Waals surface area contributed by atoms with E-state index in [9.17, 15) is 33.6 Å². The third kappa shape index (κ3) is 97.9. The van der Waals surface area contributed by atoms with E-state index in [2.05, 4.69) is 61.1 Å². The van der Waals surface area contributed by atoms with Gasteiger partial charge in [-0.05, 0) is 59.3 Å². The summed E-state index contributed by atoms with van der Waals surface area (Å²) in [5, 5.41) is -0.275. The maximum absolute atomic E-state index is 13.1. The van der Waals surface area contributed by atoms with Crippen LogP contribution in [0.2, 0.25) is 0 Å². The van der Waals surface area contributed by atoms with Crippen LogP contribution >= 0.6 is 11.8 Å². The van der Waals surface area contributed by atoms with E-state index in [0.717, 1.165) is 114 Å². The number of hydrogen-bond donors (Lipinski definition) is 1. The van der Waals surface area contributed by atoms with E-state index in [-0.39, 0.29) is 88.7 Å². The van der Waals surface area contributed by atoms with Gasteiger partial charge in [-0.3, -0.25) is 28.8 Å². The molecule has 1 unspecified atom stereocenters. The molecule has 0 heterocycles. The number of methoxy groups -OCH3 is 1. The van der Waals surface area contributed by atoms with Crippen molar-refractivity contribution >= 4 is 53.6 Å². The molecule has 0 saturated heterocycles. The molecular formula is C74H153N3O13S. The number of thioether (sulfide) groups is 1. The molecule has 0 bridgehead atoms. The van der Waals surface area contributed by atoms with Crippen LogP contribution in [0.5, 0.6) is 0 Å². The molecule has 548 valence electrons. The van der Waals surface area contributed by atoms with E-state index in [1.807, 2.05) is 60.5 Å². The van der Waals surface area contributed by atoms with Crippen LogP contribution in [-0.2, 0) is 57.2 Å². The molecule has 0 aliphatic heterocycles. The van der Waals surface area contributed by atoms with E-state index in [4.69, 9.17) is 28.4 Å². The van der Waals surface area contributed by atoms with Crippen molar-refractivity contribution in [1.82, 2.24) is 9.80 Å². The predicted octanol–water partition coefficient (Wildman–Crippen LogP) is 19.6. The Kier molecular flexibility index (Phi) is 109. The van der Waals surface area contributed by atoms with Gasteiger partial charge in [-0.15, -0.1) is 0 Å². The average molecular weight is 1330 g/mol. The normalized spacial score (nSPS) is 10.4. The summed E-state index contributed by atoms with van der Waals surface area (Å²) in [7, 11) is 6.88. The van der Waals surface area contributed by atoms with Crippen LogP contribution in [0, 0.1) is 17.8 Å². The molecule has 16 nitrogen and oxygen atoms in total. The number of amides is 1. The number of ether oxygens (including phenoxy) is 6. The fourth-order valence-electron chi connectivity index (χ4n) is 8.33. The second-order valence-corrected chi connectivity index (χ2v) is 23.9. The zero-order valence-corrected chi connectivity index (χ0v) is 63.9. The molecule has 0 rings (SSSR count). The highest BCUT2D eigenvalue weighted by Gasteiger charge is 2.22. The first kappa shape index (κ1) is 104. The highest BCUT2D eigenvalue weighted by atomic mass is 32.2. The van der Waals surface area contributed by atoms with Gasteiger partial charge in [-0.1, -0.05) is 282 Å². The minimum atomic E-state index is -0.586. The first-order valence-corrected chi connectivity index (χ1v) is 37.9. The van der Waals surface area contributed by atoms with E-state index in [1.165, 1.54) is 141 Å². The summed E-state index contributed by atoms with van der Waals surface area (Å²) >= 11 is 1.11. The minimum absolute atomic E-state index is 0.0102. The maximum Gasteiger partial charge on any atom is 0.307 e. The Bertz CT molecular complexity index is 1410. The lowest BCUT2D eigenvalue weighted by Gasteiger charge is -2.22. The van der Waals surface area contributed by atoms with Gasteiger partial charge in [0.15, 0.2) is 0 Å². The molecule has 17 heteroatoms. The van der Waals surface area contributed by atoms with E-state index >= 15 is 0 Å². The quantitative estimate of drug-likeness (QED) is 0.0260. The minimum Gasteiger partial charge on any atom is -0.467 e. The Morgan fingerprint density at radius 2 is 0.736 bits per heavy atom. The van der Waals surface area contributed by atoms with Gasteiger partial charge in [-0.2, -0.15) is 0 Å². The predicted molar refractivity (Wildman–Crippen MR) is 388 cm³/mol. The number of nitrogens with two attached hydrogens (primary N) is 1. The summed E-state index contributed by atoms with van der Waals surface area (Å²) in [6.45, 7) is 31.0. The van der Waals surface area contributed by atoms with E-state index in [1.54, 1.807) is 0 Å². The molecule has 0 aromatic heterocycles. The fourth-order valence-corrected chi connectivity index (χ4v) is 9.14. The Hall–Kier alpha value is -3.28. The van der Waals surface area contributed by atoms with Gasteiger partial charge >= 0.3 is 23.9 Å². The van der Waals surface area contributed by atoms with Gasteiger partial charge in [0.2, 0.25) is 0 Å². The third-order valence-corrected chi connectivity index (χ3v) is 14.6. The first-order chi connectivity index (χ1) is 44.2. The molecule has 0 aliphatic rings. The molecule has 0 aliphatic carbocycles. The van der Waals surface area contributed by atoms with Gasteiger partial charge in [0.25, 0.3) is 11.7 Å². The smallest absolute Gasteiger partial charge is 0.307 e. The molecule has 0 aromatic rings. The number of carbonyl (C=O) groups is 7. The number of carbonyl (C=O) groups excluding carboxylic acids is 7. The number of hydrogen-bond acceptors (Lipinski definition) is 16. The second kappa shape index (κ2) is 95.4. The summed E-state index contributed by atoms with van der Waals surface area (Å²) in [6, 6.07) is 0. The van der Waals surface area contributed by atoms with Gasteiger partial charge < -0.3 is 48.7 Å². The lowest BCUT2D eigenvalue weighted by molar-refractivity contribution is -0.154. The highest BCUT2D eigenvalue weighted by Crippen LogP contribution is 2.16. The molecular weight excluding hydrogens is 1170 g/mol. The zero-order valence-electron chi connectivity index (χ0n) is 63.1. The Morgan fingerprint density at radius 1 is 0.418 bits per heavy atom. The van der Waals surface area contributed by atoms with Gasteiger partial charge in [0, 0.05) is 45.2 Å². The summed E-state index contributed by atoms with van der Waals surface area (Å²) in [6.07, 6.45) is 40.0. The Labute approximate surface area is 567 Å². The Morgan fingerprint density at radius 3 is 1.05 bits per heavy atom. The van der Waals surface area contributed by atoms with Crippen LogP contribution in [0.3, 0.4) is 0 Å². The molecule has 2 N–H and O–H groups in total. The molecule has 91 heavy (non-hydrogen) atoms. The van der Waals surface area contributed by atoms with Gasteiger partial charge in [-0.25, -0.2) is 0 Å². The molecule has 1 amide bonds. The van der Waals surface area contributed by atoms with Crippen LogP contribution in [0.15, 0.2) is 0 Å². The Balaban J connectivity index is -0.000000256. The SMILES string of the molecule is CC.CC.CC.CCCCCCC(C)C.CCCCCCCCC.CCCCCCCCC(=O)OCC(COC(=O)CCCCCCCC)COC(=O)CCN(CCC(=O)OCC(COC)COC=O)C(=O)SCCCN(C)C.CCCCCCCCC=O.CN. The molecule has 1 atom stereocenters. The number of esters is 4. The molecule has 0 fully saturated rings. The largest absolute Gasteiger partial charge is 0.467 e. The first-order valence-electron chi connectivity index (χ1n) is 36.9. The summed E-state index contributed by atoms with van der Waals surface area (Å²) < 4.78 is 31.7. The van der Waals surface area contributed by atoms with Crippen molar-refractivity contribution in [2.24, 2.45) is 23.5 Å². The van der Waals surface area contributed by atoms with Crippen LogP contribution in [-0.4, -0.2) is 145 Å². The second-order valence-electron chi connectivity index (χ2n) is 22.9. The number of aldehydes is 1. The van der Waals surface area contributed by atoms with Crippen molar-refractivity contribution < 1.29 is 62.0 Å². The van der Waals surface area contributed by atoms with Crippen LogP contribution < -0.4 is 5.73 Å². The zero-order chi connectivity index (χ0) is 70.7. The van der Waals surface area contributed by atoms with E-state index in [0.29, 0.717) is 25.1 Å². The van der Waals surface area contributed by atoms with Crippen LogP contribution in [0.4, 0.5) is 4.79 Å². The third-order valence-electron chi connectivity index (χ3n) is 13.6. The van der Waals surface area contributed by atoms with Crippen LogP contribution in [0.1, 0.15) is 328 Å². The van der Waals surface area contributed by atoms with Crippen molar-refractivity contribution in [3.8, 4) is 0 Å². The van der Waals surface area contributed by atoms with Gasteiger partial charge in [0.05, 0.1) is 44.5 Å². The van der Waals surface area contributed by atoms with Crippen molar-refractivity contribution in [1.29, 1.82) is 0 Å². The fraction of sp³-hybridized carbons (Fsp3) is 0.905. The molecule has 0 aromatic carbocycles. The van der Waals surface area contributed by atoms with E-state index < -0.39 is 17.9 Å². The maximum atomic E-state index is 13.1. The monoisotopic (exact) mass is 1320 g/mol. The van der Waals surface area contributed by atoms with Crippen molar-refractivity contribution in [2.45, 2.75) is 328 Å². The van der Waals surface area contributed by atoms with Crippen molar-refractivity contribution in [3.05, 3.63) is 0 Å². The number of rotatable bonds is 55. The van der Waals surface area contributed by atoms with Gasteiger partial charge in [0.1, 0.15) is 26.1 Å². The summed E-state index contributed by atoms with van der Waals surface area (Å²) in [5.41, 5.74) is 4.50.